The van der Waals surface area contributed by atoms with Crippen LogP contribution in [0.15, 0.2) is 47.5 Å². The number of anilines is 1. The molecule has 2 aliphatic rings. The predicted octanol–water partition coefficient (Wildman–Crippen LogP) is 2.14. The van der Waals surface area contributed by atoms with Gasteiger partial charge >= 0.3 is 0 Å². The van der Waals surface area contributed by atoms with Crippen molar-refractivity contribution in [3.63, 3.8) is 0 Å². The molecule has 10 heteroatoms. The summed E-state index contributed by atoms with van der Waals surface area (Å²) in [6.45, 7) is 1.23. The van der Waals surface area contributed by atoms with Gasteiger partial charge in [-0.25, -0.2) is 17.8 Å². The number of pyridine rings is 1. The van der Waals surface area contributed by atoms with Gasteiger partial charge in [-0.1, -0.05) is 12.1 Å². The van der Waals surface area contributed by atoms with Crippen molar-refractivity contribution in [1.29, 1.82) is 5.26 Å². The monoisotopic (exact) mass is 446 g/mol. The van der Waals surface area contributed by atoms with E-state index in [1.807, 2.05) is 6.07 Å². The Hall–Kier alpha value is -2.58. The summed E-state index contributed by atoms with van der Waals surface area (Å²) in [6.07, 6.45) is 2.69. The highest BCUT2D eigenvalue weighted by Gasteiger charge is 2.45. The van der Waals surface area contributed by atoms with Gasteiger partial charge in [-0.2, -0.15) is 9.57 Å². The summed E-state index contributed by atoms with van der Waals surface area (Å²) in [5.74, 6) is -0.143. The molecule has 1 spiro atoms. The van der Waals surface area contributed by atoms with Crippen LogP contribution in [0.3, 0.4) is 0 Å². The molecule has 2 saturated heterocycles. The van der Waals surface area contributed by atoms with Crippen molar-refractivity contribution < 1.29 is 22.3 Å². The van der Waals surface area contributed by atoms with Gasteiger partial charge in [-0.3, -0.25) is 0 Å². The Labute approximate surface area is 180 Å². The van der Waals surface area contributed by atoms with E-state index in [1.54, 1.807) is 12.1 Å². The van der Waals surface area contributed by atoms with Gasteiger partial charge in [0.15, 0.2) is 0 Å². The van der Waals surface area contributed by atoms with Crippen LogP contribution in [0.5, 0.6) is 0 Å². The van der Waals surface area contributed by atoms with E-state index in [1.165, 1.54) is 28.7 Å². The zero-order chi connectivity index (χ0) is 21.9. The lowest BCUT2D eigenvalue weighted by Gasteiger charge is -2.31. The van der Waals surface area contributed by atoms with Gasteiger partial charge in [-0.15, -0.1) is 0 Å². The molecular weight excluding hydrogens is 423 g/mol. The van der Waals surface area contributed by atoms with E-state index in [9.17, 15) is 12.8 Å². The lowest BCUT2D eigenvalue weighted by atomic mass is 10.0. The van der Waals surface area contributed by atoms with Gasteiger partial charge in [-0.05, 0) is 37.1 Å². The Balaban J connectivity index is 1.44. The highest BCUT2D eigenvalue weighted by atomic mass is 32.2. The fraction of sp³-hybridized carbons (Fsp3) is 0.429. The summed E-state index contributed by atoms with van der Waals surface area (Å²) in [4.78, 5) is 3.84. The second-order valence-corrected chi connectivity index (χ2v) is 9.61. The molecule has 0 unspecified atom stereocenters. The second-order valence-electron chi connectivity index (χ2n) is 7.71. The molecule has 0 radical (unpaired) electrons. The summed E-state index contributed by atoms with van der Waals surface area (Å²) >= 11 is 0. The minimum absolute atomic E-state index is 0.106. The maximum Gasteiger partial charge on any atom is 0.246 e. The van der Waals surface area contributed by atoms with E-state index >= 15 is 0 Å². The number of nitrogens with zero attached hydrogens (tertiary/aromatic N) is 3. The van der Waals surface area contributed by atoms with Crippen molar-refractivity contribution in [2.24, 2.45) is 0 Å². The normalized spacial score (nSPS) is 24.6. The van der Waals surface area contributed by atoms with Crippen molar-refractivity contribution in [2.75, 3.05) is 38.2 Å². The third-order valence-corrected chi connectivity index (χ3v) is 7.39. The summed E-state index contributed by atoms with van der Waals surface area (Å²) in [5.41, 5.74) is -0.299. The number of nitriles is 1. The third-order valence-electron chi connectivity index (χ3n) is 5.51. The number of aromatic nitrogens is 1. The maximum absolute atomic E-state index is 14.2. The Morgan fingerprint density at radius 2 is 2.16 bits per heavy atom. The van der Waals surface area contributed by atoms with Crippen molar-refractivity contribution >= 4 is 15.8 Å². The minimum Gasteiger partial charge on any atom is -0.377 e. The van der Waals surface area contributed by atoms with Crippen molar-refractivity contribution in [3.8, 4) is 6.07 Å². The topological polar surface area (TPSA) is 105 Å². The summed E-state index contributed by atoms with van der Waals surface area (Å²) < 4.78 is 53.5. The third kappa shape index (κ3) is 4.70. The number of hydrogen-bond acceptors (Lipinski definition) is 7. The zero-order valence-electron chi connectivity index (χ0n) is 16.8. The lowest BCUT2D eigenvalue weighted by Crippen LogP contribution is -2.47. The Kier molecular flexibility index (Phi) is 6.20. The molecule has 1 N–H and O–H groups in total. The molecule has 0 aliphatic carbocycles. The van der Waals surface area contributed by atoms with E-state index in [-0.39, 0.29) is 37.3 Å². The van der Waals surface area contributed by atoms with Crippen LogP contribution in [0.25, 0.3) is 0 Å². The molecule has 0 bridgehead atoms. The van der Waals surface area contributed by atoms with Gasteiger partial charge in [0.2, 0.25) is 10.0 Å². The zero-order valence-corrected chi connectivity index (χ0v) is 17.6. The molecule has 2 aromatic rings. The van der Waals surface area contributed by atoms with Gasteiger partial charge in [0.05, 0.1) is 24.9 Å². The fourth-order valence-corrected chi connectivity index (χ4v) is 5.48. The number of halogens is 1. The van der Waals surface area contributed by atoms with E-state index in [2.05, 4.69) is 10.3 Å². The van der Waals surface area contributed by atoms with Gasteiger partial charge < -0.3 is 14.8 Å². The molecule has 2 atom stereocenters. The molecule has 1 aromatic heterocycles. The van der Waals surface area contributed by atoms with E-state index in [0.29, 0.717) is 24.3 Å². The van der Waals surface area contributed by atoms with Crippen molar-refractivity contribution in [3.05, 3.63) is 54.0 Å². The number of ether oxygens (including phenoxy) is 2. The first-order chi connectivity index (χ1) is 14.9. The Bertz CT molecular complexity index is 1070. The van der Waals surface area contributed by atoms with Crippen LogP contribution in [0, 0.1) is 17.1 Å². The second kappa shape index (κ2) is 8.88. The highest BCUT2D eigenvalue weighted by Crippen LogP contribution is 2.35. The molecule has 8 nitrogen and oxygen atoms in total. The number of rotatable bonds is 5. The summed E-state index contributed by atoms with van der Waals surface area (Å²) in [5, 5.41) is 12.0. The van der Waals surface area contributed by atoms with Crippen LogP contribution < -0.4 is 5.32 Å². The number of nitrogens with one attached hydrogen (secondary N) is 1. The Morgan fingerprint density at radius 3 is 2.90 bits per heavy atom. The Morgan fingerprint density at radius 1 is 1.32 bits per heavy atom. The first-order valence-corrected chi connectivity index (χ1v) is 11.5. The molecule has 3 heterocycles. The van der Waals surface area contributed by atoms with Crippen LogP contribution in [0.1, 0.15) is 18.4 Å². The van der Waals surface area contributed by atoms with Gasteiger partial charge in [0, 0.05) is 25.8 Å². The summed E-state index contributed by atoms with van der Waals surface area (Å²) in [7, 11) is -4.01. The number of hydrogen-bond donors (Lipinski definition) is 1. The van der Waals surface area contributed by atoms with Crippen LogP contribution in [-0.4, -0.2) is 62.3 Å². The van der Waals surface area contributed by atoms with Crippen LogP contribution in [-0.2, 0) is 19.5 Å². The average Bonchev–Trinajstić information content (AvgIpc) is 3.04. The molecule has 2 aliphatic heterocycles. The first kappa shape index (κ1) is 21.6. The van der Waals surface area contributed by atoms with Crippen LogP contribution in [0.4, 0.5) is 10.2 Å². The van der Waals surface area contributed by atoms with Crippen LogP contribution in [0.2, 0.25) is 0 Å². The van der Waals surface area contributed by atoms with Crippen molar-refractivity contribution in [2.45, 2.75) is 29.4 Å². The SMILES string of the molecule is N#Cc1ccc(NC[C@H]2CC[C@@]3(COCCN(S(=O)(=O)c4ccccc4F)C3)O2)nc1. The molecule has 4 rings (SSSR count). The van der Waals surface area contributed by atoms with Gasteiger partial charge in [0.25, 0.3) is 0 Å². The number of sulfonamides is 1. The largest absolute Gasteiger partial charge is 0.377 e. The lowest BCUT2D eigenvalue weighted by molar-refractivity contribution is -0.0780. The minimum atomic E-state index is -4.01. The molecule has 0 saturated carbocycles. The first-order valence-electron chi connectivity index (χ1n) is 10.0. The number of benzene rings is 1. The molecule has 0 amide bonds. The quantitative estimate of drug-likeness (QED) is 0.750. The molecule has 31 heavy (non-hydrogen) atoms. The fourth-order valence-electron chi connectivity index (χ4n) is 3.91. The smallest absolute Gasteiger partial charge is 0.246 e. The van der Waals surface area contributed by atoms with E-state index in [0.717, 1.165) is 12.5 Å². The molecule has 164 valence electrons. The van der Waals surface area contributed by atoms with Crippen molar-refractivity contribution in [1.82, 2.24) is 9.29 Å². The molecular formula is C21H23FN4O4S. The molecule has 1 aromatic carbocycles. The van der Waals surface area contributed by atoms with Gasteiger partial charge in [0.1, 0.15) is 28.2 Å². The summed E-state index contributed by atoms with van der Waals surface area (Å²) in [6, 6.07) is 10.8. The van der Waals surface area contributed by atoms with Crippen LogP contribution >= 0.6 is 0 Å². The molecule has 2 fully saturated rings. The highest BCUT2D eigenvalue weighted by molar-refractivity contribution is 7.89. The maximum atomic E-state index is 14.2. The van der Waals surface area contributed by atoms with E-state index in [4.69, 9.17) is 14.7 Å². The van der Waals surface area contributed by atoms with E-state index < -0.39 is 21.4 Å². The predicted molar refractivity (Wildman–Crippen MR) is 110 cm³/mol. The average molecular weight is 447 g/mol. The standard InChI is InChI=1S/C21H23FN4O4S/c22-18-3-1-2-4-19(18)31(27,28)26-9-10-29-15-21(14-26)8-7-17(30-21)13-25-20-6-5-16(11-23)12-24-20/h1-6,12,17H,7-10,13-15H2,(H,24,25)/t17-,21-/m1/s1.